The second kappa shape index (κ2) is 13.3. The average molecular weight is 483 g/mol. The van der Waals surface area contributed by atoms with Crippen molar-refractivity contribution in [2.45, 2.75) is 57.9 Å². The molecule has 0 aromatic heterocycles. The molecule has 192 valence electrons. The van der Waals surface area contributed by atoms with Crippen LogP contribution in [0, 0.1) is 17.2 Å². The smallest absolute Gasteiger partial charge is 0.161 e. The molecular weight excluding hydrogens is 440 g/mol. The zero-order valence-corrected chi connectivity index (χ0v) is 22.7. The standard InChI is InChI=1S/C29H42N2O4/c1-21(2)29(3,23-13-15-26(33-6)28(18-23)35-8)19-24(20-30)31(4)16-10-9-11-22-12-14-25(32-5)27(17-22)34-7/h12-15,17-18,21,24H,9-11,16,19H2,1-8H3. The van der Waals surface area contributed by atoms with Gasteiger partial charge in [-0.1, -0.05) is 32.9 Å². The lowest BCUT2D eigenvalue weighted by atomic mass is 9.69. The number of rotatable bonds is 14. The Labute approximate surface area is 211 Å². The lowest BCUT2D eigenvalue weighted by Gasteiger charge is -2.38. The molecule has 0 fully saturated rings. The highest BCUT2D eigenvalue weighted by atomic mass is 16.5. The molecule has 0 aliphatic rings. The molecule has 35 heavy (non-hydrogen) atoms. The topological polar surface area (TPSA) is 64.0 Å². The number of methoxy groups -OCH3 is 4. The van der Waals surface area contributed by atoms with Gasteiger partial charge in [-0.25, -0.2) is 0 Å². The fraction of sp³-hybridized carbons (Fsp3) is 0.552. The molecule has 0 amide bonds. The predicted molar refractivity (Wildman–Crippen MR) is 141 cm³/mol. The van der Waals surface area contributed by atoms with E-state index in [9.17, 15) is 5.26 Å². The SMILES string of the molecule is COc1ccc(CCCCN(C)C(C#N)CC(C)(c2ccc(OC)c(OC)c2)C(C)C)cc1OC. The van der Waals surface area contributed by atoms with E-state index in [1.807, 2.05) is 18.2 Å². The van der Waals surface area contributed by atoms with E-state index in [1.165, 1.54) is 5.56 Å². The van der Waals surface area contributed by atoms with Gasteiger partial charge in [0.15, 0.2) is 23.0 Å². The summed E-state index contributed by atoms with van der Waals surface area (Å²) in [6.45, 7) is 7.54. The zero-order valence-electron chi connectivity index (χ0n) is 22.7. The van der Waals surface area contributed by atoms with E-state index in [0.29, 0.717) is 17.4 Å². The van der Waals surface area contributed by atoms with Crippen LogP contribution in [0.25, 0.3) is 0 Å². The number of nitriles is 1. The van der Waals surface area contributed by atoms with E-state index in [1.54, 1.807) is 28.4 Å². The van der Waals surface area contributed by atoms with Crippen molar-refractivity contribution in [2.75, 3.05) is 42.0 Å². The van der Waals surface area contributed by atoms with Gasteiger partial charge in [0, 0.05) is 0 Å². The minimum atomic E-state index is -0.187. The van der Waals surface area contributed by atoms with Crippen molar-refractivity contribution in [1.82, 2.24) is 4.90 Å². The highest BCUT2D eigenvalue weighted by Crippen LogP contribution is 2.41. The van der Waals surface area contributed by atoms with Gasteiger partial charge < -0.3 is 18.9 Å². The maximum absolute atomic E-state index is 10.1. The highest BCUT2D eigenvalue weighted by Gasteiger charge is 2.35. The summed E-state index contributed by atoms with van der Waals surface area (Å²) in [6, 6.07) is 14.6. The summed E-state index contributed by atoms with van der Waals surface area (Å²) in [5.74, 6) is 3.28. The first-order valence-corrected chi connectivity index (χ1v) is 12.3. The molecule has 0 spiro atoms. The molecule has 2 aromatic rings. The van der Waals surface area contributed by atoms with Gasteiger partial charge in [-0.2, -0.15) is 5.26 Å². The number of aryl methyl sites for hydroxylation is 1. The van der Waals surface area contributed by atoms with Crippen molar-refractivity contribution in [1.29, 1.82) is 5.26 Å². The van der Waals surface area contributed by atoms with Crippen molar-refractivity contribution in [3.8, 4) is 29.1 Å². The van der Waals surface area contributed by atoms with Crippen LogP contribution in [0.3, 0.4) is 0 Å². The number of ether oxygens (including phenoxy) is 4. The number of benzene rings is 2. The van der Waals surface area contributed by atoms with E-state index in [4.69, 9.17) is 18.9 Å². The number of nitrogens with zero attached hydrogens (tertiary/aromatic N) is 2. The van der Waals surface area contributed by atoms with Crippen LogP contribution in [0.15, 0.2) is 36.4 Å². The Hall–Kier alpha value is -2.91. The molecule has 2 atom stereocenters. The normalized spacial score (nSPS) is 13.7. The minimum Gasteiger partial charge on any atom is -0.493 e. The molecule has 6 nitrogen and oxygen atoms in total. The summed E-state index contributed by atoms with van der Waals surface area (Å²) >= 11 is 0. The Kier molecular flexibility index (Phi) is 10.7. The molecule has 0 aliphatic carbocycles. The fourth-order valence-electron chi connectivity index (χ4n) is 4.46. The van der Waals surface area contributed by atoms with Crippen molar-refractivity contribution < 1.29 is 18.9 Å². The Balaban J connectivity index is 2.03. The van der Waals surface area contributed by atoms with Gasteiger partial charge in [0.25, 0.3) is 0 Å². The van der Waals surface area contributed by atoms with Gasteiger partial charge >= 0.3 is 0 Å². The van der Waals surface area contributed by atoms with Crippen molar-refractivity contribution in [3.63, 3.8) is 0 Å². The highest BCUT2D eigenvalue weighted by molar-refractivity contribution is 5.45. The third-order valence-corrected chi connectivity index (χ3v) is 7.29. The summed E-state index contributed by atoms with van der Waals surface area (Å²) in [5, 5.41) is 10.1. The second-order valence-corrected chi connectivity index (χ2v) is 9.62. The van der Waals surface area contributed by atoms with Gasteiger partial charge in [-0.15, -0.1) is 0 Å². The van der Waals surface area contributed by atoms with Crippen LogP contribution in [0.4, 0.5) is 0 Å². The van der Waals surface area contributed by atoms with Gasteiger partial charge in [-0.3, -0.25) is 4.90 Å². The lowest BCUT2D eigenvalue weighted by Crippen LogP contribution is -2.40. The van der Waals surface area contributed by atoms with E-state index < -0.39 is 0 Å². The van der Waals surface area contributed by atoms with Crippen molar-refractivity contribution in [3.05, 3.63) is 47.5 Å². The predicted octanol–water partition coefficient (Wildman–Crippen LogP) is 5.87. The molecule has 0 heterocycles. The molecule has 6 heteroatoms. The Morgan fingerprint density at radius 1 is 0.857 bits per heavy atom. The quantitative estimate of drug-likeness (QED) is 0.314. The van der Waals surface area contributed by atoms with Crippen molar-refractivity contribution in [2.24, 2.45) is 5.92 Å². The number of hydrogen-bond acceptors (Lipinski definition) is 6. The third-order valence-electron chi connectivity index (χ3n) is 7.29. The molecule has 0 saturated carbocycles. The maximum Gasteiger partial charge on any atom is 0.161 e. The molecule has 0 radical (unpaired) electrons. The molecule has 0 saturated heterocycles. The zero-order chi connectivity index (χ0) is 26.0. The van der Waals surface area contributed by atoms with E-state index >= 15 is 0 Å². The summed E-state index contributed by atoms with van der Waals surface area (Å²) in [5.41, 5.74) is 2.20. The Morgan fingerprint density at radius 2 is 1.43 bits per heavy atom. The average Bonchev–Trinajstić information content (AvgIpc) is 2.88. The summed E-state index contributed by atoms with van der Waals surface area (Å²) < 4.78 is 21.7. The van der Waals surface area contributed by atoms with Crippen LogP contribution in [0.2, 0.25) is 0 Å². The first-order valence-electron chi connectivity index (χ1n) is 12.3. The first kappa shape index (κ1) is 28.3. The second-order valence-electron chi connectivity index (χ2n) is 9.62. The molecule has 0 bridgehead atoms. The molecular formula is C29H42N2O4. The van der Waals surface area contributed by atoms with Gasteiger partial charge in [0.2, 0.25) is 0 Å². The van der Waals surface area contributed by atoms with Crippen LogP contribution in [-0.4, -0.2) is 53.0 Å². The molecule has 2 unspecified atom stereocenters. The number of unbranched alkanes of at least 4 members (excludes halogenated alkanes) is 1. The van der Waals surface area contributed by atoms with Crippen LogP contribution in [0.1, 0.15) is 51.2 Å². The van der Waals surface area contributed by atoms with Gasteiger partial charge in [0.05, 0.1) is 40.6 Å². The van der Waals surface area contributed by atoms with Crippen molar-refractivity contribution >= 4 is 0 Å². The monoisotopic (exact) mass is 482 g/mol. The summed E-state index contributed by atoms with van der Waals surface area (Å²) in [4.78, 5) is 2.19. The molecule has 0 N–H and O–H groups in total. The van der Waals surface area contributed by atoms with E-state index in [2.05, 4.69) is 57.0 Å². The van der Waals surface area contributed by atoms with E-state index in [-0.39, 0.29) is 11.5 Å². The van der Waals surface area contributed by atoms with Crippen LogP contribution in [-0.2, 0) is 11.8 Å². The Morgan fingerprint density at radius 3 is 1.97 bits per heavy atom. The largest absolute Gasteiger partial charge is 0.493 e. The fourth-order valence-corrected chi connectivity index (χ4v) is 4.46. The summed E-state index contributed by atoms with van der Waals surface area (Å²) in [7, 11) is 8.66. The minimum absolute atomic E-state index is 0.184. The molecule has 2 rings (SSSR count). The van der Waals surface area contributed by atoms with E-state index in [0.717, 1.165) is 49.3 Å². The third kappa shape index (κ3) is 7.05. The first-order chi connectivity index (χ1) is 16.7. The number of hydrogen-bond donors (Lipinski definition) is 0. The maximum atomic E-state index is 10.1. The van der Waals surface area contributed by atoms with Crippen LogP contribution >= 0.6 is 0 Å². The Bertz CT molecular complexity index is 985. The van der Waals surface area contributed by atoms with Crippen LogP contribution in [0.5, 0.6) is 23.0 Å². The lowest BCUT2D eigenvalue weighted by molar-refractivity contribution is 0.203. The molecule has 2 aromatic carbocycles. The molecule has 0 aliphatic heterocycles. The van der Waals surface area contributed by atoms with Gasteiger partial charge in [0.1, 0.15) is 0 Å². The summed E-state index contributed by atoms with van der Waals surface area (Å²) in [6.07, 6.45) is 3.75. The van der Waals surface area contributed by atoms with Crippen LogP contribution < -0.4 is 18.9 Å². The van der Waals surface area contributed by atoms with Gasteiger partial charge in [-0.05, 0) is 86.0 Å².